The number of hydrogen-bond donors (Lipinski definition) is 0. The van der Waals surface area contributed by atoms with Gasteiger partial charge >= 0.3 is 0 Å². The van der Waals surface area contributed by atoms with E-state index >= 15 is 0 Å². The molecule has 0 spiro atoms. The van der Waals surface area contributed by atoms with E-state index in [4.69, 9.17) is 0 Å². The second kappa shape index (κ2) is 9.16. The van der Waals surface area contributed by atoms with E-state index in [2.05, 4.69) is 53.4 Å². The minimum atomic E-state index is -0.127. The summed E-state index contributed by atoms with van der Waals surface area (Å²) in [5.74, 6) is -0.0353. The summed E-state index contributed by atoms with van der Waals surface area (Å²) < 4.78 is 0. The molecule has 0 bridgehead atoms. The molecule has 1 fully saturated rings. The molecule has 0 saturated carbocycles. The first-order valence-electron chi connectivity index (χ1n) is 10.1. The van der Waals surface area contributed by atoms with Crippen molar-refractivity contribution >= 4 is 11.8 Å². The number of unbranched alkanes of at least 4 members (excludes halogenated alkanes) is 2. The number of nitrogens with zero attached hydrogens (tertiary/aromatic N) is 2. The SMILES string of the molecule is CCN(CC)CCCCCN1C(=O)CC(CC(C)(C)C(C)(C)C)C1=O. The third-order valence-corrected chi connectivity index (χ3v) is 6.37. The van der Waals surface area contributed by atoms with Gasteiger partial charge in [0.2, 0.25) is 11.8 Å². The highest BCUT2D eigenvalue weighted by atomic mass is 16.2. The number of carbonyl (C=O) groups is 2. The summed E-state index contributed by atoms with van der Waals surface area (Å²) in [6, 6.07) is 0. The molecule has 4 heteroatoms. The molecule has 1 unspecified atom stereocenters. The molecular weight excluding hydrogens is 312 g/mol. The monoisotopic (exact) mass is 352 g/mol. The highest BCUT2D eigenvalue weighted by molar-refractivity contribution is 6.03. The van der Waals surface area contributed by atoms with Crippen molar-refractivity contribution in [3.63, 3.8) is 0 Å². The molecule has 25 heavy (non-hydrogen) atoms. The van der Waals surface area contributed by atoms with Gasteiger partial charge in [-0.1, -0.05) is 54.9 Å². The Labute approximate surface area is 155 Å². The lowest BCUT2D eigenvalue weighted by atomic mass is 9.65. The number of likely N-dealkylation sites (tertiary alicyclic amines) is 1. The van der Waals surface area contributed by atoms with E-state index in [9.17, 15) is 9.59 Å². The van der Waals surface area contributed by atoms with Gasteiger partial charge in [0, 0.05) is 18.9 Å². The Balaban J connectivity index is 2.45. The van der Waals surface area contributed by atoms with Crippen molar-refractivity contribution in [1.29, 1.82) is 0 Å². The van der Waals surface area contributed by atoms with Crippen molar-refractivity contribution < 1.29 is 9.59 Å². The summed E-state index contributed by atoms with van der Waals surface area (Å²) in [5.41, 5.74) is 0.154. The molecule has 0 aromatic heterocycles. The average Bonchev–Trinajstić information content (AvgIpc) is 2.76. The standard InChI is InChI=1S/C21H40N2O2/c1-8-22(9-2)13-11-10-12-14-23-18(24)15-17(19(23)25)16-21(6,7)20(3,4)5/h17H,8-16H2,1-7H3. The molecule has 1 heterocycles. The third-order valence-electron chi connectivity index (χ3n) is 6.37. The number of amides is 2. The maximum absolute atomic E-state index is 12.7. The summed E-state index contributed by atoms with van der Waals surface area (Å²) in [4.78, 5) is 28.9. The van der Waals surface area contributed by atoms with Crippen LogP contribution >= 0.6 is 0 Å². The number of hydrogen-bond acceptors (Lipinski definition) is 3. The number of rotatable bonds is 10. The van der Waals surface area contributed by atoms with Crippen LogP contribution in [0.5, 0.6) is 0 Å². The molecule has 4 nitrogen and oxygen atoms in total. The Hall–Kier alpha value is -0.900. The van der Waals surface area contributed by atoms with Gasteiger partial charge in [-0.2, -0.15) is 0 Å². The summed E-state index contributed by atoms with van der Waals surface area (Å²) in [7, 11) is 0. The smallest absolute Gasteiger partial charge is 0.232 e. The fraction of sp³-hybridized carbons (Fsp3) is 0.905. The molecular formula is C21H40N2O2. The van der Waals surface area contributed by atoms with Gasteiger partial charge in [0.05, 0.1) is 0 Å². The zero-order valence-electron chi connectivity index (χ0n) is 17.7. The molecule has 0 aliphatic carbocycles. The lowest BCUT2D eigenvalue weighted by Gasteiger charge is -2.40. The molecule has 0 aromatic rings. The van der Waals surface area contributed by atoms with Crippen molar-refractivity contribution in [3.8, 4) is 0 Å². The van der Waals surface area contributed by atoms with Crippen LogP contribution in [0.25, 0.3) is 0 Å². The van der Waals surface area contributed by atoms with Gasteiger partial charge in [0.25, 0.3) is 0 Å². The predicted molar refractivity (Wildman–Crippen MR) is 104 cm³/mol. The number of carbonyl (C=O) groups excluding carboxylic acids is 2. The van der Waals surface area contributed by atoms with Crippen LogP contribution in [0.15, 0.2) is 0 Å². The lowest BCUT2D eigenvalue weighted by molar-refractivity contribution is -0.139. The highest BCUT2D eigenvalue weighted by Crippen LogP contribution is 2.44. The number of imide groups is 1. The fourth-order valence-corrected chi connectivity index (χ4v) is 3.39. The predicted octanol–water partition coefficient (Wildman–Crippen LogP) is 4.34. The summed E-state index contributed by atoms with van der Waals surface area (Å²) in [6.07, 6.45) is 4.33. The van der Waals surface area contributed by atoms with Crippen LogP contribution in [0.4, 0.5) is 0 Å². The normalized spacial score (nSPS) is 19.4. The molecule has 1 rings (SSSR count). The zero-order valence-corrected chi connectivity index (χ0v) is 17.7. The quantitative estimate of drug-likeness (QED) is 0.434. The Kier molecular flexibility index (Phi) is 8.11. The third kappa shape index (κ3) is 6.09. The minimum absolute atomic E-state index is 0.0310. The van der Waals surface area contributed by atoms with E-state index in [1.165, 1.54) is 4.90 Å². The van der Waals surface area contributed by atoms with Crippen LogP contribution in [0.3, 0.4) is 0 Å². The first-order chi connectivity index (χ1) is 11.5. The van der Waals surface area contributed by atoms with Gasteiger partial charge in [0.1, 0.15) is 0 Å². The van der Waals surface area contributed by atoms with Crippen molar-refractivity contribution in [2.45, 2.75) is 80.6 Å². The van der Waals surface area contributed by atoms with Crippen LogP contribution in [-0.2, 0) is 9.59 Å². The molecule has 2 amide bonds. The van der Waals surface area contributed by atoms with Gasteiger partial charge in [-0.3, -0.25) is 14.5 Å². The summed E-state index contributed by atoms with van der Waals surface area (Å²) >= 11 is 0. The van der Waals surface area contributed by atoms with Gasteiger partial charge in [-0.05, 0) is 49.7 Å². The van der Waals surface area contributed by atoms with Crippen LogP contribution < -0.4 is 0 Å². The molecule has 0 radical (unpaired) electrons. The summed E-state index contributed by atoms with van der Waals surface area (Å²) in [5, 5.41) is 0. The molecule has 1 aliphatic heterocycles. The van der Waals surface area contributed by atoms with Gasteiger partial charge in [0.15, 0.2) is 0 Å². The summed E-state index contributed by atoms with van der Waals surface area (Å²) in [6.45, 7) is 19.3. The topological polar surface area (TPSA) is 40.6 Å². The Morgan fingerprint density at radius 2 is 1.60 bits per heavy atom. The van der Waals surface area contributed by atoms with Crippen LogP contribution in [0, 0.1) is 16.7 Å². The van der Waals surface area contributed by atoms with Crippen molar-refractivity contribution in [2.24, 2.45) is 16.7 Å². The van der Waals surface area contributed by atoms with E-state index in [0.717, 1.165) is 45.3 Å². The Bertz CT molecular complexity index is 447. The zero-order chi connectivity index (χ0) is 19.3. The van der Waals surface area contributed by atoms with E-state index < -0.39 is 0 Å². The molecule has 146 valence electrons. The fourth-order valence-electron chi connectivity index (χ4n) is 3.39. The average molecular weight is 353 g/mol. The first-order valence-corrected chi connectivity index (χ1v) is 10.1. The van der Waals surface area contributed by atoms with Crippen molar-refractivity contribution in [1.82, 2.24) is 9.80 Å². The van der Waals surface area contributed by atoms with Crippen LogP contribution in [0.1, 0.15) is 80.6 Å². The van der Waals surface area contributed by atoms with Gasteiger partial charge in [-0.15, -0.1) is 0 Å². The maximum Gasteiger partial charge on any atom is 0.232 e. The lowest BCUT2D eigenvalue weighted by Crippen LogP contribution is -2.35. The van der Waals surface area contributed by atoms with Crippen molar-refractivity contribution in [3.05, 3.63) is 0 Å². The van der Waals surface area contributed by atoms with E-state index in [-0.39, 0.29) is 28.6 Å². The molecule has 1 saturated heterocycles. The second-order valence-corrected chi connectivity index (χ2v) is 9.21. The largest absolute Gasteiger partial charge is 0.304 e. The van der Waals surface area contributed by atoms with E-state index in [1.54, 1.807) is 0 Å². The van der Waals surface area contributed by atoms with E-state index in [0.29, 0.717) is 13.0 Å². The molecule has 0 aromatic carbocycles. The molecule has 0 N–H and O–H groups in total. The van der Waals surface area contributed by atoms with Crippen LogP contribution in [0.2, 0.25) is 0 Å². The van der Waals surface area contributed by atoms with Crippen molar-refractivity contribution in [2.75, 3.05) is 26.2 Å². The van der Waals surface area contributed by atoms with E-state index in [1.807, 2.05) is 0 Å². The van der Waals surface area contributed by atoms with Gasteiger partial charge in [-0.25, -0.2) is 0 Å². The second-order valence-electron chi connectivity index (χ2n) is 9.21. The molecule has 1 atom stereocenters. The maximum atomic E-state index is 12.7. The highest BCUT2D eigenvalue weighted by Gasteiger charge is 2.43. The Morgan fingerprint density at radius 1 is 1.00 bits per heavy atom. The van der Waals surface area contributed by atoms with Gasteiger partial charge < -0.3 is 4.90 Å². The first kappa shape index (κ1) is 22.1. The Morgan fingerprint density at radius 3 is 2.12 bits per heavy atom. The molecule has 1 aliphatic rings. The van der Waals surface area contributed by atoms with Crippen LogP contribution in [-0.4, -0.2) is 47.8 Å². The minimum Gasteiger partial charge on any atom is -0.304 e.